The highest BCUT2D eigenvalue weighted by atomic mass is 16.2. The molecule has 0 aromatic rings. The molecule has 1 saturated carbocycles. The van der Waals surface area contributed by atoms with E-state index in [4.69, 9.17) is 0 Å². The molecule has 1 heterocycles. The molecule has 2 fully saturated rings. The Bertz CT molecular complexity index is 238. The van der Waals surface area contributed by atoms with E-state index in [2.05, 4.69) is 12.2 Å². The van der Waals surface area contributed by atoms with Gasteiger partial charge in [0.1, 0.15) is 0 Å². The largest absolute Gasteiger partial charge is 0.340 e. The van der Waals surface area contributed by atoms with Crippen molar-refractivity contribution in [2.24, 2.45) is 5.92 Å². The van der Waals surface area contributed by atoms with Crippen LogP contribution in [0.2, 0.25) is 0 Å². The maximum absolute atomic E-state index is 11.9. The number of carbonyl (C=O) groups excluding carboxylic acids is 1. The van der Waals surface area contributed by atoms with Crippen LogP contribution in [0.25, 0.3) is 0 Å². The summed E-state index contributed by atoms with van der Waals surface area (Å²) in [5.41, 5.74) is 0. The monoisotopic (exact) mass is 224 g/mol. The number of rotatable bonds is 4. The Morgan fingerprint density at radius 1 is 1.44 bits per heavy atom. The van der Waals surface area contributed by atoms with E-state index in [-0.39, 0.29) is 0 Å². The van der Waals surface area contributed by atoms with Gasteiger partial charge in [-0.3, -0.25) is 4.79 Å². The van der Waals surface area contributed by atoms with Gasteiger partial charge >= 0.3 is 0 Å². The number of carbonyl (C=O) groups is 1. The number of hydrogen-bond acceptors (Lipinski definition) is 2. The van der Waals surface area contributed by atoms with Crippen molar-refractivity contribution in [3.8, 4) is 0 Å². The Hall–Kier alpha value is -0.570. The standard InChI is InChI=1S/C13H24N2O/c1-11-10-15(9-8-14-11)13(16)7-3-6-12-4-2-5-12/h11-12,14H,2-10H2,1H3. The Morgan fingerprint density at radius 2 is 2.25 bits per heavy atom. The molecule has 92 valence electrons. The van der Waals surface area contributed by atoms with Crippen LogP contribution in [0.1, 0.15) is 45.4 Å². The average molecular weight is 224 g/mol. The molecule has 0 aromatic heterocycles. The number of amides is 1. The first-order valence-electron chi connectivity index (χ1n) is 6.77. The van der Waals surface area contributed by atoms with Crippen molar-refractivity contribution < 1.29 is 4.79 Å². The lowest BCUT2D eigenvalue weighted by Gasteiger charge is -2.32. The molecule has 2 aliphatic rings. The van der Waals surface area contributed by atoms with Crippen LogP contribution in [0.3, 0.4) is 0 Å². The van der Waals surface area contributed by atoms with E-state index >= 15 is 0 Å². The molecule has 1 atom stereocenters. The number of piperazine rings is 1. The topological polar surface area (TPSA) is 32.3 Å². The molecule has 3 nitrogen and oxygen atoms in total. The van der Waals surface area contributed by atoms with Gasteiger partial charge < -0.3 is 10.2 Å². The fraction of sp³-hybridized carbons (Fsp3) is 0.923. The molecular formula is C13H24N2O. The quantitative estimate of drug-likeness (QED) is 0.789. The van der Waals surface area contributed by atoms with Gasteiger partial charge in [0.25, 0.3) is 0 Å². The Morgan fingerprint density at radius 3 is 2.88 bits per heavy atom. The lowest BCUT2D eigenvalue weighted by Crippen LogP contribution is -2.51. The summed E-state index contributed by atoms with van der Waals surface area (Å²) in [6, 6.07) is 0.462. The minimum absolute atomic E-state index is 0.368. The molecule has 1 aliphatic heterocycles. The molecule has 0 radical (unpaired) electrons. The van der Waals surface area contributed by atoms with Crippen LogP contribution in [0.15, 0.2) is 0 Å². The van der Waals surface area contributed by atoms with Crippen molar-refractivity contribution in [3.05, 3.63) is 0 Å². The smallest absolute Gasteiger partial charge is 0.222 e. The third-order valence-electron chi connectivity index (χ3n) is 3.95. The van der Waals surface area contributed by atoms with E-state index < -0.39 is 0 Å². The van der Waals surface area contributed by atoms with Crippen LogP contribution in [0.5, 0.6) is 0 Å². The molecule has 1 aliphatic carbocycles. The van der Waals surface area contributed by atoms with Crippen LogP contribution in [-0.2, 0) is 4.79 Å². The average Bonchev–Trinajstić information content (AvgIpc) is 2.21. The molecule has 1 amide bonds. The summed E-state index contributed by atoms with van der Waals surface area (Å²) in [6.07, 6.45) is 7.35. The van der Waals surface area contributed by atoms with Gasteiger partial charge in [-0.25, -0.2) is 0 Å². The van der Waals surface area contributed by atoms with Gasteiger partial charge in [-0.2, -0.15) is 0 Å². The molecule has 0 bridgehead atoms. The van der Waals surface area contributed by atoms with Crippen molar-refractivity contribution in [2.45, 2.75) is 51.5 Å². The molecule has 2 rings (SSSR count). The Kier molecular flexibility index (Phi) is 4.22. The summed E-state index contributed by atoms with van der Waals surface area (Å²) < 4.78 is 0. The first-order valence-corrected chi connectivity index (χ1v) is 6.77. The third-order valence-corrected chi connectivity index (χ3v) is 3.95. The maximum atomic E-state index is 11.9. The van der Waals surface area contributed by atoms with Gasteiger partial charge in [0.15, 0.2) is 0 Å². The predicted molar refractivity (Wildman–Crippen MR) is 65.2 cm³/mol. The zero-order valence-electron chi connectivity index (χ0n) is 10.4. The van der Waals surface area contributed by atoms with E-state index in [9.17, 15) is 4.79 Å². The lowest BCUT2D eigenvalue weighted by atomic mass is 9.82. The molecular weight excluding hydrogens is 200 g/mol. The van der Waals surface area contributed by atoms with Crippen molar-refractivity contribution in [2.75, 3.05) is 19.6 Å². The summed E-state index contributed by atoms with van der Waals surface area (Å²) in [6.45, 7) is 4.89. The van der Waals surface area contributed by atoms with Gasteiger partial charge in [-0.05, 0) is 25.7 Å². The van der Waals surface area contributed by atoms with Gasteiger partial charge in [0.2, 0.25) is 5.91 Å². The van der Waals surface area contributed by atoms with Crippen molar-refractivity contribution >= 4 is 5.91 Å². The van der Waals surface area contributed by atoms with Gasteiger partial charge in [0, 0.05) is 32.1 Å². The Balaban J connectivity index is 1.62. The number of nitrogens with one attached hydrogen (secondary N) is 1. The van der Waals surface area contributed by atoms with Crippen molar-refractivity contribution in [1.29, 1.82) is 0 Å². The molecule has 1 saturated heterocycles. The molecule has 0 aromatic carbocycles. The van der Waals surface area contributed by atoms with Crippen LogP contribution in [0, 0.1) is 5.92 Å². The van der Waals surface area contributed by atoms with Crippen LogP contribution >= 0.6 is 0 Å². The Labute approximate surface area is 98.6 Å². The molecule has 3 heteroatoms. The van der Waals surface area contributed by atoms with Crippen molar-refractivity contribution in [1.82, 2.24) is 10.2 Å². The van der Waals surface area contributed by atoms with Gasteiger partial charge in [-0.15, -0.1) is 0 Å². The highest BCUT2D eigenvalue weighted by Crippen LogP contribution is 2.30. The maximum Gasteiger partial charge on any atom is 0.222 e. The summed E-state index contributed by atoms with van der Waals surface area (Å²) >= 11 is 0. The first kappa shape index (κ1) is 11.9. The van der Waals surface area contributed by atoms with E-state index in [1.807, 2.05) is 4.90 Å². The summed E-state index contributed by atoms with van der Waals surface area (Å²) in [5, 5.41) is 3.37. The second-order valence-corrected chi connectivity index (χ2v) is 5.38. The van der Waals surface area contributed by atoms with Crippen molar-refractivity contribution in [3.63, 3.8) is 0 Å². The molecule has 1 N–H and O–H groups in total. The minimum atomic E-state index is 0.368. The molecule has 0 spiro atoms. The second kappa shape index (κ2) is 5.67. The normalized spacial score (nSPS) is 26.6. The number of nitrogens with zero attached hydrogens (tertiary/aromatic N) is 1. The van der Waals surface area contributed by atoms with Gasteiger partial charge in [0.05, 0.1) is 0 Å². The molecule has 1 unspecified atom stereocenters. The highest BCUT2D eigenvalue weighted by Gasteiger charge is 2.21. The summed E-state index contributed by atoms with van der Waals surface area (Å²) in [5.74, 6) is 1.31. The summed E-state index contributed by atoms with van der Waals surface area (Å²) in [4.78, 5) is 14.0. The molecule has 16 heavy (non-hydrogen) atoms. The van der Waals surface area contributed by atoms with E-state index in [0.29, 0.717) is 11.9 Å². The fourth-order valence-corrected chi connectivity index (χ4v) is 2.64. The third kappa shape index (κ3) is 3.21. The van der Waals surface area contributed by atoms with E-state index in [1.165, 1.54) is 25.7 Å². The predicted octanol–water partition coefficient (Wildman–Crippen LogP) is 1.78. The van der Waals surface area contributed by atoms with E-state index in [1.54, 1.807) is 0 Å². The fourth-order valence-electron chi connectivity index (χ4n) is 2.64. The second-order valence-electron chi connectivity index (χ2n) is 5.38. The van der Waals surface area contributed by atoms with Gasteiger partial charge in [-0.1, -0.05) is 19.3 Å². The van der Waals surface area contributed by atoms with Crippen LogP contribution < -0.4 is 5.32 Å². The minimum Gasteiger partial charge on any atom is -0.340 e. The number of hydrogen-bond donors (Lipinski definition) is 1. The van der Waals surface area contributed by atoms with Crippen LogP contribution in [0.4, 0.5) is 0 Å². The SMILES string of the molecule is CC1CN(C(=O)CCCC2CCC2)CCN1. The van der Waals surface area contributed by atoms with Crippen LogP contribution in [-0.4, -0.2) is 36.5 Å². The summed E-state index contributed by atoms with van der Waals surface area (Å²) in [7, 11) is 0. The van der Waals surface area contributed by atoms with E-state index in [0.717, 1.165) is 38.4 Å². The highest BCUT2D eigenvalue weighted by molar-refractivity contribution is 5.76. The zero-order chi connectivity index (χ0) is 11.4. The zero-order valence-corrected chi connectivity index (χ0v) is 10.4. The lowest BCUT2D eigenvalue weighted by molar-refractivity contribution is -0.132. The first-order chi connectivity index (χ1) is 7.75.